The van der Waals surface area contributed by atoms with Crippen molar-refractivity contribution in [2.24, 2.45) is 0 Å². The molecule has 1 N–H and O–H groups in total. The first kappa shape index (κ1) is 20.9. The number of amides is 1. The molecule has 0 atom stereocenters. The number of anilines is 1. The normalized spacial score (nSPS) is 10.2. The lowest BCUT2D eigenvalue weighted by Gasteiger charge is -2.13. The first-order valence-electron chi connectivity index (χ1n) is 9.42. The fourth-order valence-corrected chi connectivity index (χ4v) is 3.05. The van der Waals surface area contributed by atoms with E-state index in [-0.39, 0.29) is 5.56 Å². The van der Waals surface area contributed by atoms with E-state index in [0.29, 0.717) is 23.6 Å². The molecule has 0 saturated heterocycles. The summed E-state index contributed by atoms with van der Waals surface area (Å²) in [4.78, 5) is 24.9. The fraction of sp³-hybridized carbons (Fsp3) is 0.167. The van der Waals surface area contributed by atoms with E-state index in [4.69, 9.17) is 14.2 Å². The largest absolute Gasteiger partial charge is 0.496 e. The van der Waals surface area contributed by atoms with Crippen molar-refractivity contribution in [2.45, 2.75) is 6.42 Å². The third-order valence-electron chi connectivity index (χ3n) is 4.50. The van der Waals surface area contributed by atoms with Gasteiger partial charge in [0.05, 0.1) is 14.2 Å². The summed E-state index contributed by atoms with van der Waals surface area (Å²) in [7, 11) is 2.89. The SMILES string of the molecule is COc1cccc(OC)c1C(=O)OCC(=O)Nc1ccccc1Cc1ccccc1. The van der Waals surface area contributed by atoms with Crippen LogP contribution in [0.25, 0.3) is 0 Å². The molecular weight excluding hydrogens is 382 g/mol. The van der Waals surface area contributed by atoms with Crippen LogP contribution in [0, 0.1) is 0 Å². The van der Waals surface area contributed by atoms with Crippen LogP contribution >= 0.6 is 0 Å². The van der Waals surface area contributed by atoms with Crippen LogP contribution in [-0.2, 0) is 16.0 Å². The predicted molar refractivity (Wildman–Crippen MR) is 114 cm³/mol. The average molecular weight is 405 g/mol. The van der Waals surface area contributed by atoms with Gasteiger partial charge in [-0.05, 0) is 35.7 Å². The zero-order valence-electron chi connectivity index (χ0n) is 16.9. The summed E-state index contributed by atoms with van der Waals surface area (Å²) >= 11 is 0. The quantitative estimate of drug-likeness (QED) is 0.572. The van der Waals surface area contributed by atoms with Gasteiger partial charge < -0.3 is 19.5 Å². The second kappa shape index (κ2) is 10.1. The Morgan fingerprint density at radius 3 is 2.10 bits per heavy atom. The van der Waals surface area contributed by atoms with Crippen LogP contribution in [-0.4, -0.2) is 32.7 Å². The first-order chi connectivity index (χ1) is 14.6. The summed E-state index contributed by atoms with van der Waals surface area (Å²) in [5.41, 5.74) is 2.92. The van der Waals surface area contributed by atoms with Crippen molar-refractivity contribution in [1.29, 1.82) is 0 Å². The number of carbonyl (C=O) groups is 2. The Balaban J connectivity index is 1.65. The summed E-state index contributed by atoms with van der Waals surface area (Å²) < 4.78 is 15.6. The molecule has 0 aliphatic rings. The molecule has 6 nitrogen and oxygen atoms in total. The molecule has 0 unspecified atom stereocenters. The van der Waals surface area contributed by atoms with Gasteiger partial charge in [-0.15, -0.1) is 0 Å². The smallest absolute Gasteiger partial charge is 0.346 e. The van der Waals surface area contributed by atoms with Gasteiger partial charge in [-0.2, -0.15) is 0 Å². The molecule has 0 fully saturated rings. The molecular formula is C24H23NO5. The molecule has 6 heteroatoms. The maximum atomic E-state index is 12.5. The molecule has 30 heavy (non-hydrogen) atoms. The zero-order valence-corrected chi connectivity index (χ0v) is 16.9. The first-order valence-corrected chi connectivity index (χ1v) is 9.42. The number of esters is 1. The molecule has 0 aliphatic carbocycles. The van der Waals surface area contributed by atoms with Crippen molar-refractivity contribution in [3.63, 3.8) is 0 Å². The molecule has 3 aromatic carbocycles. The summed E-state index contributed by atoms with van der Waals surface area (Å²) in [5, 5.41) is 2.82. The van der Waals surface area contributed by atoms with Gasteiger partial charge in [0, 0.05) is 5.69 Å². The van der Waals surface area contributed by atoms with Crippen LogP contribution in [0.5, 0.6) is 11.5 Å². The van der Waals surface area contributed by atoms with Crippen LogP contribution in [0.2, 0.25) is 0 Å². The van der Waals surface area contributed by atoms with Gasteiger partial charge in [0.25, 0.3) is 5.91 Å². The second-order valence-corrected chi connectivity index (χ2v) is 6.48. The third-order valence-corrected chi connectivity index (χ3v) is 4.50. The van der Waals surface area contributed by atoms with Gasteiger partial charge in [0.15, 0.2) is 6.61 Å². The highest BCUT2D eigenvalue weighted by Crippen LogP contribution is 2.29. The highest BCUT2D eigenvalue weighted by Gasteiger charge is 2.20. The zero-order chi connectivity index (χ0) is 21.3. The van der Waals surface area contributed by atoms with E-state index in [1.165, 1.54) is 14.2 Å². The van der Waals surface area contributed by atoms with Gasteiger partial charge in [-0.25, -0.2) is 4.79 Å². The maximum Gasteiger partial charge on any atom is 0.346 e. The molecule has 0 heterocycles. The molecule has 0 bridgehead atoms. The molecule has 154 valence electrons. The van der Waals surface area contributed by atoms with Gasteiger partial charge in [0.2, 0.25) is 0 Å². The maximum absolute atomic E-state index is 12.5. The van der Waals surface area contributed by atoms with Gasteiger partial charge in [-0.3, -0.25) is 4.79 Å². The Hall–Kier alpha value is -3.80. The van der Waals surface area contributed by atoms with E-state index in [9.17, 15) is 9.59 Å². The molecule has 0 spiro atoms. The molecule has 1 amide bonds. The average Bonchev–Trinajstić information content (AvgIpc) is 2.78. The molecule has 0 aromatic heterocycles. The highest BCUT2D eigenvalue weighted by atomic mass is 16.5. The predicted octanol–water partition coefficient (Wildman–Crippen LogP) is 4.09. The van der Waals surface area contributed by atoms with Crippen molar-refractivity contribution < 1.29 is 23.8 Å². The van der Waals surface area contributed by atoms with Crippen molar-refractivity contribution in [2.75, 3.05) is 26.1 Å². The van der Waals surface area contributed by atoms with Gasteiger partial charge >= 0.3 is 5.97 Å². The Morgan fingerprint density at radius 2 is 1.43 bits per heavy atom. The Kier molecular flexibility index (Phi) is 7.05. The van der Waals surface area contributed by atoms with Gasteiger partial charge in [0.1, 0.15) is 17.1 Å². The monoisotopic (exact) mass is 405 g/mol. The summed E-state index contributed by atoms with van der Waals surface area (Å²) in [5.74, 6) is -0.504. The lowest BCUT2D eigenvalue weighted by Crippen LogP contribution is -2.22. The Bertz CT molecular complexity index is 995. The Labute approximate surface area is 175 Å². The lowest BCUT2D eigenvalue weighted by molar-refractivity contribution is -0.119. The van der Waals surface area contributed by atoms with E-state index in [1.807, 2.05) is 54.6 Å². The van der Waals surface area contributed by atoms with E-state index < -0.39 is 18.5 Å². The van der Waals surface area contributed by atoms with Crippen LogP contribution in [0.4, 0.5) is 5.69 Å². The summed E-state index contributed by atoms with van der Waals surface area (Å²) in [6, 6.07) is 22.4. The number of methoxy groups -OCH3 is 2. The van der Waals surface area contributed by atoms with E-state index in [0.717, 1.165) is 11.1 Å². The fourth-order valence-electron chi connectivity index (χ4n) is 3.05. The minimum Gasteiger partial charge on any atom is -0.496 e. The number of hydrogen-bond acceptors (Lipinski definition) is 5. The van der Waals surface area contributed by atoms with Gasteiger partial charge in [-0.1, -0.05) is 54.6 Å². The number of hydrogen-bond donors (Lipinski definition) is 1. The van der Waals surface area contributed by atoms with Crippen molar-refractivity contribution in [1.82, 2.24) is 0 Å². The van der Waals surface area contributed by atoms with E-state index in [1.54, 1.807) is 18.2 Å². The standard InChI is InChI=1S/C24H23NO5/c1-28-20-13-8-14-21(29-2)23(20)24(27)30-16-22(26)25-19-12-7-6-11-18(19)15-17-9-4-3-5-10-17/h3-14H,15-16H2,1-2H3,(H,25,26). The van der Waals surface area contributed by atoms with Crippen molar-refractivity contribution in [3.05, 3.63) is 89.5 Å². The summed E-state index contributed by atoms with van der Waals surface area (Å²) in [6.07, 6.45) is 0.676. The molecule has 3 aromatic rings. The third kappa shape index (κ3) is 5.17. The number of benzene rings is 3. The minimum atomic E-state index is -0.697. The molecule has 3 rings (SSSR count). The molecule has 0 saturated carbocycles. The van der Waals surface area contributed by atoms with Crippen LogP contribution < -0.4 is 14.8 Å². The van der Waals surface area contributed by atoms with E-state index >= 15 is 0 Å². The van der Waals surface area contributed by atoms with Crippen LogP contribution in [0.3, 0.4) is 0 Å². The van der Waals surface area contributed by atoms with Crippen LogP contribution in [0.1, 0.15) is 21.5 Å². The van der Waals surface area contributed by atoms with Crippen molar-refractivity contribution in [3.8, 4) is 11.5 Å². The molecule has 0 aliphatic heterocycles. The number of nitrogens with one attached hydrogen (secondary N) is 1. The minimum absolute atomic E-state index is 0.139. The Morgan fingerprint density at radius 1 is 0.800 bits per heavy atom. The van der Waals surface area contributed by atoms with Crippen LogP contribution in [0.15, 0.2) is 72.8 Å². The van der Waals surface area contributed by atoms with E-state index in [2.05, 4.69) is 5.32 Å². The number of carbonyl (C=O) groups excluding carboxylic acids is 2. The number of rotatable bonds is 8. The number of ether oxygens (including phenoxy) is 3. The van der Waals surface area contributed by atoms with Crippen molar-refractivity contribution >= 4 is 17.6 Å². The number of para-hydroxylation sites is 1. The lowest BCUT2D eigenvalue weighted by atomic mass is 10.0. The second-order valence-electron chi connectivity index (χ2n) is 6.48. The highest BCUT2D eigenvalue weighted by molar-refractivity contribution is 5.98. The molecule has 0 radical (unpaired) electrons. The summed E-state index contributed by atoms with van der Waals surface area (Å²) in [6.45, 7) is -0.431. The topological polar surface area (TPSA) is 73.9 Å².